The molecule has 0 aliphatic heterocycles. The third-order valence-corrected chi connectivity index (χ3v) is 3.04. The van der Waals surface area contributed by atoms with Crippen LogP contribution in [0.5, 0.6) is 11.6 Å². The normalized spacial score (nSPS) is 10.8. The zero-order valence-corrected chi connectivity index (χ0v) is 11.1. The maximum atomic E-state index is 13.1. The van der Waals surface area contributed by atoms with Gasteiger partial charge in [-0.3, -0.25) is 4.40 Å². The number of aryl methyl sites for hydroxylation is 1. The van der Waals surface area contributed by atoms with Crippen molar-refractivity contribution in [2.45, 2.75) is 6.92 Å². The van der Waals surface area contributed by atoms with E-state index < -0.39 is 5.97 Å². The van der Waals surface area contributed by atoms with E-state index in [1.807, 2.05) is 0 Å². The van der Waals surface area contributed by atoms with E-state index in [2.05, 4.69) is 4.98 Å². The molecular weight excluding hydrogens is 275 g/mol. The van der Waals surface area contributed by atoms with Crippen molar-refractivity contribution in [3.63, 3.8) is 0 Å². The average Bonchev–Trinajstić information content (AvgIpc) is 2.80. The Balaban J connectivity index is 2.12. The molecule has 0 radical (unpaired) electrons. The molecular formula is C15H11FN2O3. The third-order valence-electron chi connectivity index (χ3n) is 3.04. The van der Waals surface area contributed by atoms with E-state index in [1.165, 1.54) is 22.6 Å². The fourth-order valence-corrected chi connectivity index (χ4v) is 2.07. The van der Waals surface area contributed by atoms with Crippen molar-refractivity contribution in [2.24, 2.45) is 0 Å². The highest BCUT2D eigenvalue weighted by Crippen LogP contribution is 2.28. The SMILES string of the molecule is Cc1cc(F)ccc1Oc1nc2ccccn2c1C(=O)O. The van der Waals surface area contributed by atoms with Gasteiger partial charge in [-0.05, 0) is 42.8 Å². The molecule has 1 aromatic carbocycles. The number of fused-ring (bicyclic) bond motifs is 1. The van der Waals surface area contributed by atoms with Crippen molar-refractivity contribution in [1.82, 2.24) is 9.38 Å². The van der Waals surface area contributed by atoms with Gasteiger partial charge in [0, 0.05) is 6.20 Å². The van der Waals surface area contributed by atoms with Gasteiger partial charge in [0.05, 0.1) is 0 Å². The number of aromatic carboxylic acids is 1. The first-order valence-electron chi connectivity index (χ1n) is 6.20. The Kier molecular flexibility index (Phi) is 3.06. The number of aromatic nitrogens is 2. The van der Waals surface area contributed by atoms with Crippen LogP contribution in [0.2, 0.25) is 0 Å². The lowest BCUT2D eigenvalue weighted by Gasteiger charge is -2.06. The molecule has 2 heterocycles. The summed E-state index contributed by atoms with van der Waals surface area (Å²) >= 11 is 0. The van der Waals surface area contributed by atoms with Crippen molar-refractivity contribution < 1.29 is 19.0 Å². The number of carbonyl (C=O) groups is 1. The Morgan fingerprint density at radius 2 is 2.14 bits per heavy atom. The second-order valence-electron chi connectivity index (χ2n) is 4.51. The molecule has 6 heteroatoms. The molecule has 3 rings (SSSR count). The lowest BCUT2D eigenvalue weighted by atomic mass is 10.2. The summed E-state index contributed by atoms with van der Waals surface area (Å²) in [4.78, 5) is 15.6. The van der Waals surface area contributed by atoms with Crippen molar-refractivity contribution >= 4 is 11.6 Å². The van der Waals surface area contributed by atoms with E-state index in [0.717, 1.165) is 0 Å². The largest absolute Gasteiger partial charge is 0.476 e. The number of nitrogens with zero attached hydrogens (tertiary/aromatic N) is 2. The highest BCUT2D eigenvalue weighted by Gasteiger charge is 2.20. The summed E-state index contributed by atoms with van der Waals surface area (Å²) < 4.78 is 20.1. The van der Waals surface area contributed by atoms with E-state index >= 15 is 0 Å². The van der Waals surface area contributed by atoms with Crippen molar-refractivity contribution in [2.75, 3.05) is 0 Å². The van der Waals surface area contributed by atoms with Gasteiger partial charge in [-0.2, -0.15) is 4.98 Å². The van der Waals surface area contributed by atoms with Gasteiger partial charge < -0.3 is 9.84 Å². The van der Waals surface area contributed by atoms with Crippen LogP contribution in [0, 0.1) is 12.7 Å². The second-order valence-corrected chi connectivity index (χ2v) is 4.51. The predicted octanol–water partition coefficient (Wildman–Crippen LogP) is 3.27. The van der Waals surface area contributed by atoms with E-state index in [4.69, 9.17) is 4.74 Å². The molecule has 0 aliphatic carbocycles. The van der Waals surface area contributed by atoms with Crippen LogP contribution in [0.4, 0.5) is 4.39 Å². The minimum Gasteiger partial charge on any atom is -0.476 e. The number of halogens is 1. The van der Waals surface area contributed by atoms with E-state index in [0.29, 0.717) is 17.0 Å². The van der Waals surface area contributed by atoms with Crippen LogP contribution in [0.25, 0.3) is 5.65 Å². The quantitative estimate of drug-likeness (QED) is 0.802. The maximum Gasteiger partial charge on any atom is 0.358 e. The van der Waals surface area contributed by atoms with Crippen molar-refractivity contribution in [3.05, 3.63) is 59.7 Å². The lowest BCUT2D eigenvalue weighted by molar-refractivity contribution is 0.0686. The third kappa shape index (κ3) is 2.31. The average molecular weight is 286 g/mol. The van der Waals surface area contributed by atoms with Crippen molar-refractivity contribution in [3.8, 4) is 11.6 Å². The number of hydrogen-bond donors (Lipinski definition) is 1. The molecule has 0 atom stereocenters. The molecule has 0 spiro atoms. The molecule has 1 N–H and O–H groups in total. The van der Waals surface area contributed by atoms with Gasteiger partial charge in [-0.25, -0.2) is 9.18 Å². The fourth-order valence-electron chi connectivity index (χ4n) is 2.07. The summed E-state index contributed by atoms with van der Waals surface area (Å²) in [5.41, 5.74) is 0.947. The Hall–Kier alpha value is -2.89. The summed E-state index contributed by atoms with van der Waals surface area (Å²) in [5.74, 6) is -1.19. The molecule has 3 aromatic rings. The van der Waals surface area contributed by atoms with Crippen LogP contribution in [0.1, 0.15) is 16.1 Å². The number of carboxylic acid groups (broad SMARTS) is 1. The summed E-state index contributed by atoms with van der Waals surface area (Å²) in [7, 11) is 0. The molecule has 5 nitrogen and oxygen atoms in total. The molecule has 106 valence electrons. The molecule has 0 aliphatic rings. The Bertz CT molecular complexity index is 842. The van der Waals surface area contributed by atoms with Crippen LogP contribution >= 0.6 is 0 Å². The summed E-state index contributed by atoms with van der Waals surface area (Å²) in [6, 6.07) is 9.14. The van der Waals surface area contributed by atoms with Gasteiger partial charge >= 0.3 is 5.97 Å². The number of hydrogen-bond acceptors (Lipinski definition) is 3. The highest BCUT2D eigenvalue weighted by molar-refractivity contribution is 5.90. The van der Waals surface area contributed by atoms with E-state index in [-0.39, 0.29) is 17.4 Å². The highest BCUT2D eigenvalue weighted by atomic mass is 19.1. The fraction of sp³-hybridized carbons (Fsp3) is 0.0667. The number of pyridine rings is 1. The van der Waals surface area contributed by atoms with Gasteiger partial charge in [0.2, 0.25) is 0 Å². The number of benzene rings is 1. The van der Waals surface area contributed by atoms with Crippen LogP contribution in [-0.4, -0.2) is 20.5 Å². The first-order chi connectivity index (χ1) is 10.1. The molecule has 0 saturated heterocycles. The molecule has 0 unspecified atom stereocenters. The second kappa shape index (κ2) is 4.90. The zero-order chi connectivity index (χ0) is 15.0. The monoisotopic (exact) mass is 286 g/mol. The smallest absolute Gasteiger partial charge is 0.358 e. The van der Waals surface area contributed by atoms with Crippen LogP contribution in [0.15, 0.2) is 42.6 Å². The summed E-state index contributed by atoms with van der Waals surface area (Å²) in [6.45, 7) is 1.68. The molecule has 2 aromatic heterocycles. The summed E-state index contributed by atoms with van der Waals surface area (Å²) in [5, 5.41) is 9.34. The topological polar surface area (TPSA) is 63.8 Å². The van der Waals surface area contributed by atoms with Crippen molar-refractivity contribution in [1.29, 1.82) is 0 Å². The molecule has 0 saturated carbocycles. The van der Waals surface area contributed by atoms with Crippen LogP contribution in [-0.2, 0) is 0 Å². The summed E-state index contributed by atoms with van der Waals surface area (Å²) in [6.07, 6.45) is 1.59. The first kappa shape index (κ1) is 13.1. The minimum atomic E-state index is -1.15. The van der Waals surface area contributed by atoms with Gasteiger partial charge in [-0.15, -0.1) is 0 Å². The van der Waals surface area contributed by atoms with Gasteiger partial charge in [0.15, 0.2) is 5.69 Å². The van der Waals surface area contributed by atoms with Crippen LogP contribution < -0.4 is 4.74 Å². The molecule has 0 bridgehead atoms. The Labute approximate surface area is 119 Å². The first-order valence-corrected chi connectivity index (χ1v) is 6.20. The van der Waals surface area contributed by atoms with Gasteiger partial charge in [0.25, 0.3) is 5.88 Å². The van der Waals surface area contributed by atoms with Gasteiger partial charge in [0.1, 0.15) is 17.2 Å². The van der Waals surface area contributed by atoms with E-state index in [1.54, 1.807) is 31.3 Å². The zero-order valence-electron chi connectivity index (χ0n) is 11.1. The minimum absolute atomic E-state index is 0.0246. The number of imidazole rings is 1. The predicted molar refractivity (Wildman–Crippen MR) is 73.4 cm³/mol. The Morgan fingerprint density at radius 1 is 1.33 bits per heavy atom. The lowest BCUT2D eigenvalue weighted by Crippen LogP contribution is -2.03. The molecule has 21 heavy (non-hydrogen) atoms. The number of ether oxygens (including phenoxy) is 1. The molecule has 0 fully saturated rings. The maximum absolute atomic E-state index is 13.1. The standard InChI is InChI=1S/C15H11FN2O3/c1-9-8-10(16)5-6-11(9)21-14-13(15(19)20)18-7-3-2-4-12(18)17-14/h2-8H,1H3,(H,19,20). The van der Waals surface area contributed by atoms with E-state index in [9.17, 15) is 14.3 Å². The number of carboxylic acids is 1. The number of rotatable bonds is 3. The van der Waals surface area contributed by atoms with Gasteiger partial charge in [-0.1, -0.05) is 6.07 Å². The molecule has 0 amide bonds. The van der Waals surface area contributed by atoms with Crippen LogP contribution in [0.3, 0.4) is 0 Å². The Morgan fingerprint density at radius 3 is 2.86 bits per heavy atom.